The second-order valence-corrected chi connectivity index (χ2v) is 7.50. The molecule has 0 aromatic heterocycles. The minimum atomic E-state index is -1.19. The highest BCUT2D eigenvalue weighted by Gasteiger charge is 2.25. The summed E-state index contributed by atoms with van der Waals surface area (Å²) in [5.74, 6) is -3.52. The van der Waals surface area contributed by atoms with Crippen LogP contribution in [0.3, 0.4) is 0 Å². The van der Waals surface area contributed by atoms with Crippen molar-refractivity contribution in [3.63, 3.8) is 0 Å². The molecule has 0 saturated heterocycles. The van der Waals surface area contributed by atoms with Crippen LogP contribution in [0.5, 0.6) is 0 Å². The highest BCUT2D eigenvalue weighted by molar-refractivity contribution is 6.10. The van der Waals surface area contributed by atoms with Gasteiger partial charge in [-0.05, 0) is 46.5 Å². The summed E-state index contributed by atoms with van der Waals surface area (Å²) in [7, 11) is 0. The van der Waals surface area contributed by atoms with E-state index in [-0.39, 0.29) is 33.5 Å². The molecular formula is C27H19NO6. The van der Waals surface area contributed by atoms with Crippen molar-refractivity contribution >= 4 is 23.6 Å². The normalized spacial score (nSPS) is 10.6. The molecule has 4 aromatic carbocycles. The Labute approximate surface area is 194 Å². The summed E-state index contributed by atoms with van der Waals surface area (Å²) < 4.78 is 0. The number of carboxylic acid groups (broad SMARTS) is 3. The molecule has 0 saturated carbocycles. The molecule has 0 unspecified atom stereocenters. The first kappa shape index (κ1) is 22.3. The van der Waals surface area contributed by atoms with E-state index >= 15 is 0 Å². The third-order valence-electron chi connectivity index (χ3n) is 5.54. The van der Waals surface area contributed by atoms with Crippen LogP contribution in [-0.4, -0.2) is 33.2 Å². The Kier molecular flexibility index (Phi) is 5.84. The molecule has 7 heteroatoms. The quantitative estimate of drug-likeness (QED) is 0.288. The summed E-state index contributed by atoms with van der Waals surface area (Å²) in [5.41, 5.74) is 8.53. The maximum Gasteiger partial charge on any atom is 0.336 e. The summed E-state index contributed by atoms with van der Waals surface area (Å²) in [6.07, 6.45) is 0. The van der Waals surface area contributed by atoms with E-state index in [1.165, 1.54) is 18.2 Å². The lowest BCUT2D eigenvalue weighted by Gasteiger charge is -2.21. The van der Waals surface area contributed by atoms with Gasteiger partial charge in [-0.25, -0.2) is 14.4 Å². The number of carbonyl (C=O) groups is 3. The van der Waals surface area contributed by atoms with Gasteiger partial charge in [0.05, 0.1) is 16.7 Å². The van der Waals surface area contributed by atoms with Crippen molar-refractivity contribution < 1.29 is 29.7 Å². The molecule has 5 N–H and O–H groups in total. The molecule has 168 valence electrons. The zero-order valence-electron chi connectivity index (χ0n) is 17.7. The van der Waals surface area contributed by atoms with Crippen molar-refractivity contribution in [2.45, 2.75) is 0 Å². The number of benzene rings is 4. The van der Waals surface area contributed by atoms with Crippen molar-refractivity contribution in [2.24, 2.45) is 0 Å². The molecule has 0 heterocycles. The lowest BCUT2D eigenvalue weighted by molar-refractivity contribution is 0.0686. The van der Waals surface area contributed by atoms with Crippen LogP contribution < -0.4 is 5.73 Å². The number of nitrogen functional groups attached to an aromatic ring is 1. The van der Waals surface area contributed by atoms with E-state index in [1.54, 1.807) is 66.7 Å². The average Bonchev–Trinajstić information content (AvgIpc) is 2.83. The van der Waals surface area contributed by atoms with Gasteiger partial charge < -0.3 is 21.1 Å². The summed E-state index contributed by atoms with van der Waals surface area (Å²) in [6, 6.07) is 22.1. The molecule has 0 radical (unpaired) electrons. The van der Waals surface area contributed by atoms with Gasteiger partial charge in [-0.2, -0.15) is 0 Å². The first-order valence-electron chi connectivity index (χ1n) is 10.2. The molecule has 0 aliphatic heterocycles. The third-order valence-corrected chi connectivity index (χ3v) is 5.54. The van der Waals surface area contributed by atoms with E-state index in [1.807, 2.05) is 0 Å². The zero-order chi connectivity index (χ0) is 24.4. The highest BCUT2D eigenvalue weighted by Crippen LogP contribution is 2.46. The van der Waals surface area contributed by atoms with Crippen molar-refractivity contribution in [2.75, 3.05) is 5.73 Å². The maximum absolute atomic E-state index is 12.1. The summed E-state index contributed by atoms with van der Waals surface area (Å²) >= 11 is 0. The molecule has 0 bridgehead atoms. The number of aromatic carboxylic acids is 3. The SMILES string of the molecule is Nc1ccc(-c2ccccc2C(=O)O)c(-c2ccccc2C(=O)O)c1-c1ccccc1C(=O)O. The lowest BCUT2D eigenvalue weighted by Crippen LogP contribution is -2.06. The Morgan fingerprint density at radius 1 is 0.471 bits per heavy atom. The average molecular weight is 453 g/mol. The maximum atomic E-state index is 12.1. The summed E-state index contributed by atoms with van der Waals surface area (Å²) in [4.78, 5) is 36.1. The predicted molar refractivity (Wildman–Crippen MR) is 128 cm³/mol. The summed E-state index contributed by atoms with van der Waals surface area (Å²) in [6.45, 7) is 0. The van der Waals surface area contributed by atoms with Crippen LogP contribution in [0.4, 0.5) is 5.69 Å². The number of rotatable bonds is 6. The summed E-state index contributed by atoms with van der Waals surface area (Å²) in [5, 5.41) is 29.5. The highest BCUT2D eigenvalue weighted by atomic mass is 16.4. The predicted octanol–water partition coefficient (Wildman–Crippen LogP) is 5.36. The van der Waals surface area contributed by atoms with Crippen LogP contribution in [0.2, 0.25) is 0 Å². The molecule has 34 heavy (non-hydrogen) atoms. The Morgan fingerprint density at radius 2 is 0.853 bits per heavy atom. The van der Waals surface area contributed by atoms with Crippen molar-refractivity contribution in [1.29, 1.82) is 0 Å². The zero-order valence-corrected chi connectivity index (χ0v) is 17.7. The number of hydrogen-bond acceptors (Lipinski definition) is 4. The first-order chi connectivity index (χ1) is 16.3. The topological polar surface area (TPSA) is 138 Å². The third kappa shape index (κ3) is 3.86. The van der Waals surface area contributed by atoms with Crippen LogP contribution >= 0.6 is 0 Å². The van der Waals surface area contributed by atoms with Gasteiger partial charge in [0.15, 0.2) is 0 Å². The largest absolute Gasteiger partial charge is 0.478 e. The van der Waals surface area contributed by atoms with Gasteiger partial charge in [-0.15, -0.1) is 0 Å². The minimum absolute atomic E-state index is 0.0128. The van der Waals surface area contributed by atoms with E-state index in [4.69, 9.17) is 5.73 Å². The van der Waals surface area contributed by atoms with Crippen LogP contribution in [-0.2, 0) is 0 Å². The van der Waals surface area contributed by atoms with Crippen molar-refractivity contribution in [3.05, 3.63) is 102 Å². The van der Waals surface area contributed by atoms with E-state index in [0.717, 1.165) is 0 Å². The van der Waals surface area contributed by atoms with Crippen LogP contribution in [0, 0.1) is 0 Å². The second-order valence-electron chi connectivity index (χ2n) is 7.50. The van der Waals surface area contributed by atoms with Crippen LogP contribution in [0.15, 0.2) is 84.9 Å². The molecule has 0 spiro atoms. The van der Waals surface area contributed by atoms with E-state index in [2.05, 4.69) is 0 Å². The molecule has 4 aromatic rings. The molecular weight excluding hydrogens is 434 g/mol. The Hall–Kier alpha value is -4.91. The minimum Gasteiger partial charge on any atom is -0.478 e. The number of carboxylic acids is 3. The molecule has 7 nitrogen and oxygen atoms in total. The van der Waals surface area contributed by atoms with E-state index < -0.39 is 17.9 Å². The Morgan fingerprint density at radius 3 is 1.32 bits per heavy atom. The first-order valence-corrected chi connectivity index (χ1v) is 10.2. The Balaban J connectivity index is 2.22. The standard InChI is InChI=1S/C27H19NO6/c28-22-14-13-18(15-7-1-4-10-19(15)25(29)30)23(16-8-2-5-11-20(16)26(31)32)24(22)17-9-3-6-12-21(17)27(33)34/h1-14H,28H2,(H,29,30)(H,31,32)(H,33,34). The fourth-order valence-electron chi connectivity index (χ4n) is 4.09. The van der Waals surface area contributed by atoms with Gasteiger partial charge in [0, 0.05) is 16.8 Å². The molecule has 0 aliphatic rings. The fraction of sp³-hybridized carbons (Fsp3) is 0. The van der Waals surface area contributed by atoms with Crippen LogP contribution in [0.25, 0.3) is 33.4 Å². The number of nitrogens with two attached hydrogens (primary N) is 1. The fourth-order valence-corrected chi connectivity index (χ4v) is 4.09. The Bertz CT molecular complexity index is 1460. The lowest BCUT2D eigenvalue weighted by atomic mass is 9.82. The van der Waals surface area contributed by atoms with E-state index in [0.29, 0.717) is 22.3 Å². The van der Waals surface area contributed by atoms with Crippen molar-refractivity contribution in [3.8, 4) is 33.4 Å². The van der Waals surface area contributed by atoms with Gasteiger partial charge in [0.1, 0.15) is 0 Å². The number of hydrogen-bond donors (Lipinski definition) is 4. The molecule has 4 rings (SSSR count). The second kappa shape index (κ2) is 8.91. The molecule has 0 aliphatic carbocycles. The van der Waals surface area contributed by atoms with Crippen LogP contribution in [0.1, 0.15) is 31.1 Å². The van der Waals surface area contributed by atoms with Gasteiger partial charge in [-0.1, -0.05) is 60.7 Å². The van der Waals surface area contributed by atoms with Gasteiger partial charge >= 0.3 is 17.9 Å². The molecule has 0 atom stereocenters. The van der Waals surface area contributed by atoms with Gasteiger partial charge in [0.2, 0.25) is 0 Å². The molecule has 0 amide bonds. The monoisotopic (exact) mass is 453 g/mol. The van der Waals surface area contributed by atoms with E-state index in [9.17, 15) is 29.7 Å². The van der Waals surface area contributed by atoms with Gasteiger partial charge in [-0.3, -0.25) is 0 Å². The number of anilines is 1. The van der Waals surface area contributed by atoms with Gasteiger partial charge in [0.25, 0.3) is 0 Å². The molecule has 0 fully saturated rings. The van der Waals surface area contributed by atoms with Crippen molar-refractivity contribution in [1.82, 2.24) is 0 Å². The smallest absolute Gasteiger partial charge is 0.336 e.